The van der Waals surface area contributed by atoms with E-state index in [1.54, 1.807) is 23.7 Å². The lowest BCUT2D eigenvalue weighted by Gasteiger charge is -2.10. The molecule has 0 radical (unpaired) electrons. The fraction of sp³-hybridized carbons (Fsp3) is 0.176. The van der Waals surface area contributed by atoms with Crippen LogP contribution in [-0.4, -0.2) is 29.6 Å². The van der Waals surface area contributed by atoms with Crippen molar-refractivity contribution < 1.29 is 9.53 Å². The van der Waals surface area contributed by atoms with Crippen LogP contribution in [0.5, 0.6) is 5.75 Å². The zero-order valence-electron chi connectivity index (χ0n) is 12.9. The number of imidazole rings is 1. The Bertz CT molecular complexity index is 924. The molecule has 6 nitrogen and oxygen atoms in total. The van der Waals surface area contributed by atoms with E-state index < -0.39 is 0 Å². The van der Waals surface area contributed by atoms with Crippen LogP contribution in [0, 0.1) is 0 Å². The van der Waals surface area contributed by atoms with Gasteiger partial charge in [-0.05, 0) is 29.8 Å². The third kappa shape index (κ3) is 2.70. The molecule has 3 aromatic rings. The first-order chi connectivity index (χ1) is 11.1. The highest BCUT2D eigenvalue weighted by Crippen LogP contribution is 2.21. The number of nitrogens with one attached hydrogen (secondary N) is 2. The fourth-order valence-corrected chi connectivity index (χ4v) is 2.61. The van der Waals surface area contributed by atoms with Crippen LogP contribution in [0.15, 0.2) is 47.3 Å². The summed E-state index contributed by atoms with van der Waals surface area (Å²) in [7, 11) is 3.09. The Hall–Kier alpha value is -3.02. The van der Waals surface area contributed by atoms with Crippen LogP contribution in [0.25, 0.3) is 11.0 Å². The maximum Gasteiger partial charge on any atom is 0.326 e. The lowest BCUT2D eigenvalue weighted by atomic mass is 10.1. The number of benzene rings is 2. The van der Waals surface area contributed by atoms with Crippen molar-refractivity contribution in [2.45, 2.75) is 6.54 Å². The average Bonchev–Trinajstić information content (AvgIpc) is 2.90. The Balaban J connectivity index is 2.04. The number of aromatic nitrogens is 2. The van der Waals surface area contributed by atoms with Crippen molar-refractivity contribution in [2.75, 3.05) is 14.2 Å². The van der Waals surface area contributed by atoms with Crippen LogP contribution in [0.4, 0.5) is 0 Å². The Kier molecular flexibility index (Phi) is 3.89. The highest BCUT2D eigenvalue weighted by atomic mass is 16.5. The van der Waals surface area contributed by atoms with E-state index in [1.165, 1.54) is 7.11 Å². The predicted molar refractivity (Wildman–Crippen MR) is 88.0 cm³/mol. The lowest BCUT2D eigenvalue weighted by molar-refractivity contribution is 0.0960. The molecule has 0 unspecified atom stereocenters. The summed E-state index contributed by atoms with van der Waals surface area (Å²) < 4.78 is 6.86. The monoisotopic (exact) mass is 311 g/mol. The molecule has 0 saturated carbocycles. The zero-order chi connectivity index (χ0) is 16.4. The van der Waals surface area contributed by atoms with Gasteiger partial charge < -0.3 is 15.0 Å². The smallest absolute Gasteiger partial charge is 0.326 e. The maximum atomic E-state index is 12.1. The lowest BCUT2D eigenvalue weighted by Crippen LogP contribution is -2.20. The summed E-state index contributed by atoms with van der Waals surface area (Å²) in [6.07, 6.45) is 0. The van der Waals surface area contributed by atoms with Gasteiger partial charge in [-0.25, -0.2) is 4.79 Å². The summed E-state index contributed by atoms with van der Waals surface area (Å²) in [6.45, 7) is 0.372. The highest BCUT2D eigenvalue weighted by Gasteiger charge is 2.13. The number of H-pyrrole nitrogens is 1. The molecule has 1 amide bonds. The molecule has 2 aromatic carbocycles. The Morgan fingerprint density at radius 1 is 1.26 bits per heavy atom. The standard InChI is InChI=1S/C17H17N3O3/c1-18-16(21)12-9-11(7-8-15(12)23-2)10-20-14-6-4-3-5-13(14)19-17(20)22/h3-9H,10H2,1-2H3,(H,18,21)(H,19,22). The zero-order valence-corrected chi connectivity index (χ0v) is 12.9. The summed E-state index contributed by atoms with van der Waals surface area (Å²) in [5, 5.41) is 2.59. The van der Waals surface area contributed by atoms with Crippen LogP contribution in [0.3, 0.4) is 0 Å². The Morgan fingerprint density at radius 2 is 2.04 bits per heavy atom. The number of rotatable bonds is 4. The normalized spacial score (nSPS) is 10.7. The third-order valence-electron chi connectivity index (χ3n) is 3.76. The molecule has 118 valence electrons. The number of aromatic amines is 1. The van der Waals surface area contributed by atoms with Gasteiger partial charge in [0, 0.05) is 7.05 Å². The molecule has 1 heterocycles. The molecule has 3 rings (SSSR count). The molecule has 0 aliphatic carbocycles. The number of ether oxygens (including phenoxy) is 1. The number of para-hydroxylation sites is 2. The van der Waals surface area contributed by atoms with E-state index in [-0.39, 0.29) is 11.6 Å². The molecule has 0 saturated heterocycles. The van der Waals surface area contributed by atoms with Crippen molar-refractivity contribution in [1.29, 1.82) is 0 Å². The highest BCUT2D eigenvalue weighted by molar-refractivity contribution is 5.97. The molecule has 23 heavy (non-hydrogen) atoms. The molecule has 6 heteroatoms. The molecule has 0 atom stereocenters. The average molecular weight is 311 g/mol. The van der Waals surface area contributed by atoms with Gasteiger partial charge in [0.2, 0.25) is 0 Å². The van der Waals surface area contributed by atoms with E-state index in [9.17, 15) is 9.59 Å². The van der Waals surface area contributed by atoms with Crippen molar-refractivity contribution in [3.8, 4) is 5.75 Å². The van der Waals surface area contributed by atoms with Gasteiger partial charge in [-0.2, -0.15) is 0 Å². The molecule has 1 aromatic heterocycles. The first-order valence-corrected chi connectivity index (χ1v) is 7.20. The molecule has 0 fully saturated rings. The first-order valence-electron chi connectivity index (χ1n) is 7.20. The summed E-state index contributed by atoms with van der Waals surface area (Å²) in [5.41, 5.74) is 2.73. The predicted octanol–water partition coefficient (Wildman–Crippen LogP) is 1.75. The summed E-state index contributed by atoms with van der Waals surface area (Å²) in [6, 6.07) is 12.8. The van der Waals surface area contributed by atoms with Gasteiger partial charge in [0.25, 0.3) is 5.91 Å². The third-order valence-corrected chi connectivity index (χ3v) is 3.76. The van der Waals surface area contributed by atoms with Crippen molar-refractivity contribution in [2.24, 2.45) is 0 Å². The summed E-state index contributed by atoms with van der Waals surface area (Å²) >= 11 is 0. The van der Waals surface area contributed by atoms with Crippen LogP contribution >= 0.6 is 0 Å². The Morgan fingerprint density at radius 3 is 2.78 bits per heavy atom. The number of methoxy groups -OCH3 is 1. The summed E-state index contributed by atoms with van der Waals surface area (Å²) in [4.78, 5) is 26.9. The minimum absolute atomic E-state index is 0.177. The molecule has 0 spiro atoms. The van der Waals surface area contributed by atoms with Gasteiger partial charge in [-0.1, -0.05) is 18.2 Å². The minimum atomic E-state index is -0.227. The van der Waals surface area contributed by atoms with Gasteiger partial charge in [0.05, 0.1) is 30.3 Å². The number of carbonyl (C=O) groups excluding carboxylic acids is 1. The van der Waals surface area contributed by atoms with E-state index in [0.717, 1.165) is 16.6 Å². The summed E-state index contributed by atoms with van der Waals surface area (Å²) in [5.74, 6) is 0.273. The van der Waals surface area contributed by atoms with Crippen LogP contribution < -0.4 is 15.7 Å². The van der Waals surface area contributed by atoms with Crippen molar-refractivity contribution in [3.63, 3.8) is 0 Å². The van der Waals surface area contributed by atoms with Gasteiger partial charge in [-0.15, -0.1) is 0 Å². The van der Waals surface area contributed by atoms with E-state index in [0.29, 0.717) is 17.9 Å². The van der Waals surface area contributed by atoms with Crippen LogP contribution in [0.2, 0.25) is 0 Å². The van der Waals surface area contributed by atoms with E-state index >= 15 is 0 Å². The second kappa shape index (κ2) is 6.00. The largest absolute Gasteiger partial charge is 0.496 e. The fourth-order valence-electron chi connectivity index (χ4n) is 2.61. The number of hydrogen-bond donors (Lipinski definition) is 2. The number of nitrogens with zero attached hydrogens (tertiary/aromatic N) is 1. The van der Waals surface area contributed by atoms with Gasteiger partial charge >= 0.3 is 5.69 Å². The quantitative estimate of drug-likeness (QED) is 0.770. The van der Waals surface area contributed by atoms with Crippen molar-refractivity contribution in [1.82, 2.24) is 14.9 Å². The minimum Gasteiger partial charge on any atom is -0.496 e. The number of carbonyl (C=O) groups is 1. The second-order valence-electron chi connectivity index (χ2n) is 5.15. The Labute approximate surface area is 132 Å². The SMILES string of the molecule is CNC(=O)c1cc(Cn2c(=O)[nH]c3ccccc32)ccc1OC. The maximum absolute atomic E-state index is 12.1. The van der Waals surface area contributed by atoms with Gasteiger partial charge in [0.15, 0.2) is 0 Å². The number of fused-ring (bicyclic) bond motifs is 1. The van der Waals surface area contributed by atoms with Crippen LogP contribution in [0.1, 0.15) is 15.9 Å². The van der Waals surface area contributed by atoms with Gasteiger partial charge in [-0.3, -0.25) is 9.36 Å². The topological polar surface area (TPSA) is 76.1 Å². The second-order valence-corrected chi connectivity index (χ2v) is 5.15. The number of amides is 1. The molecular weight excluding hydrogens is 294 g/mol. The molecule has 0 aliphatic rings. The molecular formula is C17H17N3O3. The number of hydrogen-bond acceptors (Lipinski definition) is 3. The van der Waals surface area contributed by atoms with Crippen molar-refractivity contribution in [3.05, 3.63) is 64.1 Å². The van der Waals surface area contributed by atoms with E-state index in [2.05, 4.69) is 10.3 Å². The molecule has 2 N–H and O–H groups in total. The first kappa shape index (κ1) is 14.9. The molecule has 0 aliphatic heterocycles. The molecule has 0 bridgehead atoms. The van der Waals surface area contributed by atoms with Crippen LogP contribution in [-0.2, 0) is 6.54 Å². The van der Waals surface area contributed by atoms with Gasteiger partial charge in [0.1, 0.15) is 5.75 Å². The van der Waals surface area contributed by atoms with E-state index in [1.807, 2.05) is 30.3 Å². The van der Waals surface area contributed by atoms with E-state index in [4.69, 9.17) is 4.74 Å². The van der Waals surface area contributed by atoms with Crippen molar-refractivity contribution >= 4 is 16.9 Å².